The molecule has 0 unspecified atom stereocenters. The molecule has 348 valence electrons. The van der Waals surface area contributed by atoms with Gasteiger partial charge in [0, 0.05) is 51.9 Å². The number of aryl methyl sites for hydroxylation is 2. The molecular formula is C46H58N12O7Si. The van der Waals surface area contributed by atoms with E-state index in [4.69, 9.17) is 19.2 Å². The number of amides is 2. The Morgan fingerprint density at radius 2 is 1.27 bits per heavy atom. The number of hydrogen-bond acceptors (Lipinski definition) is 13. The van der Waals surface area contributed by atoms with E-state index in [9.17, 15) is 19.8 Å². The normalized spacial score (nSPS) is 12.2. The minimum atomic E-state index is -1.23. The minimum absolute atomic E-state index is 0.181. The Bertz CT molecular complexity index is 3070. The first-order valence-electron chi connectivity index (χ1n) is 21.4. The minimum Gasteiger partial charge on any atom is -0.497 e. The van der Waals surface area contributed by atoms with Crippen LogP contribution in [-0.4, -0.2) is 124 Å². The second-order valence-corrected chi connectivity index (χ2v) is 24.3. The molecular weight excluding hydrogens is 861 g/mol. The van der Waals surface area contributed by atoms with Gasteiger partial charge in [0.2, 0.25) is 0 Å². The predicted octanol–water partition coefficient (Wildman–Crippen LogP) is 5.83. The molecule has 6 aromatic heterocycles. The lowest BCUT2D eigenvalue weighted by Crippen LogP contribution is -2.46. The highest BCUT2D eigenvalue weighted by Crippen LogP contribution is 2.32. The number of aromatic amines is 1. The Kier molecular flexibility index (Phi) is 13.3. The van der Waals surface area contributed by atoms with E-state index >= 15 is 0 Å². The zero-order valence-electron chi connectivity index (χ0n) is 39.3. The van der Waals surface area contributed by atoms with Gasteiger partial charge in [0.15, 0.2) is 11.3 Å². The summed E-state index contributed by atoms with van der Waals surface area (Å²) < 4.78 is 22.0. The van der Waals surface area contributed by atoms with Gasteiger partial charge >= 0.3 is 0 Å². The van der Waals surface area contributed by atoms with Crippen molar-refractivity contribution < 1.29 is 34.0 Å². The van der Waals surface area contributed by atoms with Gasteiger partial charge in [-0.3, -0.25) is 19.0 Å². The van der Waals surface area contributed by atoms with Crippen molar-refractivity contribution in [2.45, 2.75) is 71.2 Å². The first kappa shape index (κ1) is 47.2. The SMILES string of the molecule is COc1ccc2c(c1)c(-c1cnc3[nH]cc(C(=O)NC(C)(C)CO)c3n1)nn2C.COc1ccc2c(c1)c(-c1cnc3c(n1)c(C(=O)NC(C)(C)CO)cn3COCC[Si](C)(C)C)nn2C. The van der Waals surface area contributed by atoms with Gasteiger partial charge in [-0.2, -0.15) is 10.2 Å². The Morgan fingerprint density at radius 3 is 1.79 bits per heavy atom. The lowest BCUT2D eigenvalue weighted by Gasteiger charge is -2.23. The number of nitrogens with zero attached hydrogens (tertiary/aromatic N) is 9. The molecule has 0 aliphatic carbocycles. The number of aromatic nitrogens is 10. The number of carbonyl (C=O) groups is 2. The third kappa shape index (κ3) is 10.1. The van der Waals surface area contributed by atoms with Crippen molar-refractivity contribution in [1.29, 1.82) is 0 Å². The molecule has 0 saturated carbocycles. The molecule has 5 N–H and O–H groups in total. The van der Waals surface area contributed by atoms with Crippen LogP contribution in [0.1, 0.15) is 48.4 Å². The van der Waals surface area contributed by atoms with Crippen molar-refractivity contribution in [3.63, 3.8) is 0 Å². The summed E-state index contributed by atoms with van der Waals surface area (Å²) in [7, 11) is 5.73. The zero-order chi connectivity index (χ0) is 47.7. The van der Waals surface area contributed by atoms with Crippen LogP contribution in [0.25, 0.3) is 66.9 Å². The van der Waals surface area contributed by atoms with E-state index in [0.29, 0.717) is 74.3 Å². The molecule has 8 rings (SSSR count). The van der Waals surface area contributed by atoms with Gasteiger partial charge in [-0.1, -0.05) is 19.6 Å². The number of fused-ring (bicyclic) bond motifs is 4. The maximum atomic E-state index is 13.3. The highest BCUT2D eigenvalue weighted by Gasteiger charge is 2.27. The van der Waals surface area contributed by atoms with Gasteiger partial charge in [-0.05, 0) is 70.1 Å². The molecule has 0 saturated heterocycles. The third-order valence-corrected chi connectivity index (χ3v) is 12.7. The molecule has 0 atom stereocenters. The maximum absolute atomic E-state index is 13.3. The molecule has 2 amide bonds. The second-order valence-electron chi connectivity index (χ2n) is 18.6. The largest absolute Gasteiger partial charge is 0.497 e. The number of aliphatic hydroxyl groups is 2. The quantitative estimate of drug-likeness (QED) is 0.0603. The molecule has 2 aromatic carbocycles. The molecule has 0 radical (unpaired) electrons. The van der Waals surface area contributed by atoms with Crippen molar-refractivity contribution in [2.75, 3.05) is 34.0 Å². The van der Waals surface area contributed by atoms with Gasteiger partial charge in [0.1, 0.15) is 52.0 Å². The van der Waals surface area contributed by atoms with E-state index in [1.54, 1.807) is 80.6 Å². The van der Waals surface area contributed by atoms with E-state index in [2.05, 4.69) is 60.4 Å². The zero-order valence-corrected chi connectivity index (χ0v) is 40.3. The molecule has 6 heterocycles. The van der Waals surface area contributed by atoms with Crippen molar-refractivity contribution in [3.05, 3.63) is 72.3 Å². The van der Waals surface area contributed by atoms with Crippen LogP contribution in [-0.2, 0) is 25.6 Å². The Labute approximate surface area is 382 Å². The van der Waals surface area contributed by atoms with E-state index in [0.717, 1.165) is 27.8 Å². The fourth-order valence-electron chi connectivity index (χ4n) is 7.10. The average molecular weight is 919 g/mol. The molecule has 8 aromatic rings. The average Bonchev–Trinajstić information content (AvgIpc) is 4.05. The van der Waals surface area contributed by atoms with E-state index in [-0.39, 0.29) is 31.8 Å². The molecule has 66 heavy (non-hydrogen) atoms. The third-order valence-electron chi connectivity index (χ3n) is 11.0. The summed E-state index contributed by atoms with van der Waals surface area (Å²) in [6.07, 6.45) is 6.57. The van der Waals surface area contributed by atoms with Crippen LogP contribution in [0.5, 0.6) is 11.5 Å². The Hall–Kier alpha value is -6.74. The lowest BCUT2D eigenvalue weighted by molar-refractivity contribution is 0.0855. The van der Waals surface area contributed by atoms with Crippen LogP contribution in [0.4, 0.5) is 0 Å². The van der Waals surface area contributed by atoms with Crippen molar-refractivity contribution in [3.8, 4) is 34.3 Å². The summed E-state index contributed by atoms with van der Waals surface area (Å²) >= 11 is 0. The molecule has 0 fully saturated rings. The van der Waals surface area contributed by atoms with Crippen LogP contribution in [0.2, 0.25) is 25.7 Å². The van der Waals surface area contributed by atoms with Crippen LogP contribution in [0.3, 0.4) is 0 Å². The topological polar surface area (TPSA) is 234 Å². The number of ether oxygens (including phenoxy) is 3. The number of methoxy groups -OCH3 is 2. The van der Waals surface area contributed by atoms with Crippen molar-refractivity contribution in [2.24, 2.45) is 14.1 Å². The highest BCUT2D eigenvalue weighted by atomic mass is 28.3. The fourth-order valence-corrected chi connectivity index (χ4v) is 7.86. The first-order chi connectivity index (χ1) is 31.2. The molecule has 19 nitrogen and oxygen atoms in total. The van der Waals surface area contributed by atoms with Crippen LogP contribution in [0, 0.1) is 0 Å². The van der Waals surface area contributed by atoms with E-state index in [1.807, 2.05) is 50.5 Å². The number of aliphatic hydroxyl groups excluding tert-OH is 2. The molecule has 0 aliphatic heterocycles. The summed E-state index contributed by atoms with van der Waals surface area (Å²) in [4.78, 5) is 47.6. The van der Waals surface area contributed by atoms with Crippen LogP contribution < -0.4 is 20.1 Å². The van der Waals surface area contributed by atoms with E-state index < -0.39 is 19.2 Å². The standard InChI is InChI=1S/C26H36N6O4Si.C20H22N6O3/c1-26(2,15-33)29-25(34)19-14-32(16-36-10-11-37(5,6)7)24-23(19)28-20(13-27-24)22-18-12-17(35-4)8-9-21(18)31(3)30-22;1-20(2,10-27)24-19(28)13-8-21-18-17(13)23-14(9-22-18)16-12-7-11(29-4)5-6-15(12)26(3)25-16/h8-9,12-14,33H,10-11,15-16H2,1-7H3,(H,29,34);5-9,27H,10H2,1-4H3,(H,21,22)(H,24,28). The summed E-state index contributed by atoms with van der Waals surface area (Å²) in [5.41, 5.74) is 5.34. The number of carbonyl (C=O) groups excluding carboxylic acids is 2. The number of benzene rings is 2. The van der Waals surface area contributed by atoms with Gasteiger partial charge in [-0.15, -0.1) is 0 Å². The second kappa shape index (κ2) is 18.6. The fraction of sp³-hybridized carbons (Fsp3) is 0.391. The van der Waals surface area contributed by atoms with Crippen molar-refractivity contribution in [1.82, 2.24) is 59.7 Å². The van der Waals surface area contributed by atoms with Crippen LogP contribution in [0.15, 0.2) is 61.2 Å². The Balaban J connectivity index is 0.000000202. The predicted molar refractivity (Wildman–Crippen MR) is 255 cm³/mol. The summed E-state index contributed by atoms with van der Waals surface area (Å²) in [5.74, 6) is 0.746. The molecule has 0 bridgehead atoms. The summed E-state index contributed by atoms with van der Waals surface area (Å²) in [6.45, 7) is 14.4. The molecule has 0 aliphatic rings. The summed E-state index contributed by atoms with van der Waals surface area (Å²) in [6, 6.07) is 12.5. The van der Waals surface area contributed by atoms with Crippen molar-refractivity contribution >= 4 is 64.0 Å². The number of rotatable bonds is 15. The molecule has 20 heteroatoms. The van der Waals surface area contributed by atoms with E-state index in [1.165, 1.54) is 0 Å². The van der Waals surface area contributed by atoms with Gasteiger partial charge in [-0.25, -0.2) is 19.9 Å². The maximum Gasteiger partial charge on any atom is 0.255 e. The number of H-pyrrole nitrogens is 1. The first-order valence-corrected chi connectivity index (χ1v) is 25.1. The summed E-state index contributed by atoms with van der Waals surface area (Å²) in [5, 5.41) is 35.8. The van der Waals surface area contributed by atoms with Gasteiger partial charge in [0.05, 0.1) is 73.1 Å². The van der Waals surface area contributed by atoms with Gasteiger partial charge in [0.25, 0.3) is 11.8 Å². The smallest absolute Gasteiger partial charge is 0.255 e. The van der Waals surface area contributed by atoms with Crippen LogP contribution >= 0.6 is 0 Å². The lowest BCUT2D eigenvalue weighted by atomic mass is 10.1. The highest BCUT2D eigenvalue weighted by molar-refractivity contribution is 6.76. The monoisotopic (exact) mass is 918 g/mol. The Morgan fingerprint density at radius 1 is 0.758 bits per heavy atom. The number of nitrogens with one attached hydrogen (secondary N) is 3. The molecule has 0 spiro atoms. The van der Waals surface area contributed by atoms with Gasteiger partial charge < -0.3 is 44.6 Å². The number of hydrogen-bond donors (Lipinski definition) is 5.